The first-order valence-electron chi connectivity index (χ1n) is 9.20. The zero-order valence-electron chi connectivity index (χ0n) is 16.2. The van der Waals surface area contributed by atoms with Crippen molar-refractivity contribution in [3.63, 3.8) is 0 Å². The van der Waals surface area contributed by atoms with Crippen molar-refractivity contribution in [2.75, 3.05) is 13.7 Å². The second-order valence-corrected chi connectivity index (χ2v) is 6.67. The quantitative estimate of drug-likeness (QED) is 0.527. The lowest BCUT2D eigenvalue weighted by molar-refractivity contribution is 0.0947. The first kappa shape index (κ1) is 18.5. The highest BCUT2D eigenvalue weighted by Gasteiger charge is 2.13. The van der Waals surface area contributed by atoms with Crippen molar-refractivity contribution < 1.29 is 9.53 Å². The van der Waals surface area contributed by atoms with Gasteiger partial charge in [-0.25, -0.2) is 0 Å². The number of aromatic nitrogens is 4. The molecule has 0 aliphatic heterocycles. The predicted molar refractivity (Wildman–Crippen MR) is 110 cm³/mol. The van der Waals surface area contributed by atoms with Crippen molar-refractivity contribution in [2.24, 2.45) is 7.05 Å². The molecule has 1 amide bonds. The van der Waals surface area contributed by atoms with Gasteiger partial charge in [0.15, 0.2) is 0 Å². The molecule has 0 saturated heterocycles. The summed E-state index contributed by atoms with van der Waals surface area (Å²) in [5, 5.41) is 10.7. The minimum atomic E-state index is -0.286. The topological polar surface area (TPSA) is 93.9 Å². The molecule has 1 aromatic carbocycles. The van der Waals surface area contributed by atoms with E-state index in [9.17, 15) is 9.59 Å². The number of para-hydroxylation sites is 1. The van der Waals surface area contributed by atoms with Crippen LogP contribution in [0.4, 0.5) is 0 Å². The number of methoxy groups -OCH3 is 1. The minimum Gasteiger partial charge on any atom is -0.496 e. The number of rotatable bonds is 6. The van der Waals surface area contributed by atoms with Gasteiger partial charge in [-0.3, -0.25) is 14.7 Å². The van der Waals surface area contributed by atoms with Gasteiger partial charge in [0.1, 0.15) is 17.0 Å². The summed E-state index contributed by atoms with van der Waals surface area (Å²) in [7, 11) is 3.43. The zero-order chi connectivity index (χ0) is 20.4. The number of fused-ring (bicyclic) bond motifs is 1. The molecule has 0 aliphatic rings. The molecule has 4 aromatic rings. The van der Waals surface area contributed by atoms with Crippen LogP contribution in [0.1, 0.15) is 10.5 Å². The van der Waals surface area contributed by atoms with Crippen LogP contribution < -0.4 is 15.6 Å². The lowest BCUT2D eigenvalue weighted by Crippen LogP contribution is -2.31. The summed E-state index contributed by atoms with van der Waals surface area (Å²) in [5.74, 6) is 0.396. The summed E-state index contributed by atoms with van der Waals surface area (Å²) in [4.78, 5) is 25.0. The summed E-state index contributed by atoms with van der Waals surface area (Å²) in [6, 6.07) is 12.9. The average Bonchev–Trinajstić information content (AvgIpc) is 3.37. The maximum atomic E-state index is 12.6. The summed E-state index contributed by atoms with van der Waals surface area (Å²) in [5.41, 5.74) is 2.33. The van der Waals surface area contributed by atoms with Gasteiger partial charge in [-0.2, -0.15) is 5.10 Å². The average molecular weight is 391 g/mol. The van der Waals surface area contributed by atoms with Crippen molar-refractivity contribution in [2.45, 2.75) is 6.54 Å². The van der Waals surface area contributed by atoms with Crippen LogP contribution in [0.25, 0.3) is 22.2 Å². The summed E-state index contributed by atoms with van der Waals surface area (Å²) >= 11 is 0. The number of nitrogens with zero attached hydrogens (tertiary/aromatic N) is 3. The molecule has 0 bridgehead atoms. The van der Waals surface area contributed by atoms with Crippen LogP contribution in [-0.2, 0) is 13.6 Å². The Labute approximate surface area is 166 Å². The molecule has 8 heteroatoms. The molecule has 2 N–H and O–H groups in total. The van der Waals surface area contributed by atoms with Crippen molar-refractivity contribution in [3.8, 4) is 17.0 Å². The van der Waals surface area contributed by atoms with Crippen LogP contribution >= 0.6 is 0 Å². The zero-order valence-corrected chi connectivity index (χ0v) is 16.2. The first-order valence-corrected chi connectivity index (χ1v) is 9.20. The van der Waals surface area contributed by atoms with Crippen LogP contribution in [0.5, 0.6) is 5.75 Å². The van der Waals surface area contributed by atoms with Gasteiger partial charge in [-0.1, -0.05) is 12.1 Å². The monoisotopic (exact) mass is 391 g/mol. The molecule has 0 radical (unpaired) electrons. The Morgan fingerprint density at radius 2 is 2.00 bits per heavy atom. The maximum Gasteiger partial charge on any atom is 0.275 e. The van der Waals surface area contributed by atoms with E-state index in [1.807, 2.05) is 49.6 Å². The number of aromatic amines is 1. The molecular weight excluding hydrogens is 370 g/mol. The molecule has 29 heavy (non-hydrogen) atoms. The molecule has 3 heterocycles. The molecule has 0 fully saturated rings. The number of ether oxygens (including phenoxy) is 1. The van der Waals surface area contributed by atoms with Gasteiger partial charge in [-0.15, -0.1) is 0 Å². The Morgan fingerprint density at radius 3 is 2.83 bits per heavy atom. The molecule has 0 aliphatic carbocycles. The van der Waals surface area contributed by atoms with E-state index in [4.69, 9.17) is 4.74 Å². The van der Waals surface area contributed by atoms with Crippen LogP contribution in [-0.4, -0.2) is 38.9 Å². The molecule has 3 aromatic heterocycles. The van der Waals surface area contributed by atoms with Crippen molar-refractivity contribution in [1.82, 2.24) is 24.6 Å². The fourth-order valence-corrected chi connectivity index (χ4v) is 3.33. The number of hydrogen-bond donors (Lipinski definition) is 2. The Bertz CT molecular complexity index is 1230. The Balaban J connectivity index is 1.43. The molecule has 148 valence electrons. The van der Waals surface area contributed by atoms with Crippen LogP contribution in [0.15, 0.2) is 59.7 Å². The highest BCUT2D eigenvalue weighted by molar-refractivity contribution is 5.93. The van der Waals surface area contributed by atoms with Crippen LogP contribution in [0.3, 0.4) is 0 Å². The third-order valence-electron chi connectivity index (χ3n) is 4.84. The van der Waals surface area contributed by atoms with E-state index in [0.29, 0.717) is 35.7 Å². The lowest BCUT2D eigenvalue weighted by atomic mass is 10.1. The summed E-state index contributed by atoms with van der Waals surface area (Å²) < 4.78 is 8.73. The number of benzene rings is 1. The normalized spacial score (nSPS) is 11.0. The Kier molecular flexibility index (Phi) is 4.90. The number of H-pyrrole nitrogens is 1. The minimum absolute atomic E-state index is 0.0794. The number of aryl methyl sites for hydroxylation is 1. The lowest BCUT2D eigenvalue weighted by Gasteiger charge is -2.08. The van der Waals surface area contributed by atoms with E-state index < -0.39 is 0 Å². The number of hydrogen-bond acceptors (Lipinski definition) is 4. The largest absolute Gasteiger partial charge is 0.496 e. The fraction of sp³-hybridized carbons (Fsp3) is 0.190. The van der Waals surface area contributed by atoms with Gasteiger partial charge < -0.3 is 19.2 Å². The first-order chi connectivity index (χ1) is 14.1. The van der Waals surface area contributed by atoms with Crippen molar-refractivity contribution in [3.05, 3.63) is 70.9 Å². The molecule has 4 rings (SSSR count). The van der Waals surface area contributed by atoms with Crippen molar-refractivity contribution >= 4 is 16.8 Å². The SMILES string of the molecule is COc1ccccc1-c1cc(C(=O)NCCn2ccc3ccn(C)c3c2=O)[nH]n1. The molecule has 0 saturated carbocycles. The van der Waals surface area contributed by atoms with Gasteiger partial charge >= 0.3 is 0 Å². The number of carbonyl (C=O) groups excluding carboxylic acids is 1. The second kappa shape index (κ2) is 7.67. The standard InChI is InChI=1S/C21H21N5O3/c1-25-10-7-14-8-11-26(21(28)19(14)25)12-9-22-20(27)17-13-16(23-24-17)15-5-3-4-6-18(15)29-2/h3-8,10-11,13H,9,12H2,1-2H3,(H,22,27)(H,23,24). The smallest absolute Gasteiger partial charge is 0.275 e. The molecule has 8 nitrogen and oxygen atoms in total. The molecule has 0 spiro atoms. The predicted octanol–water partition coefficient (Wildman–Crippen LogP) is 2.17. The molecular formula is C21H21N5O3. The fourth-order valence-electron chi connectivity index (χ4n) is 3.33. The third kappa shape index (κ3) is 3.52. The van der Waals surface area contributed by atoms with E-state index in [-0.39, 0.29) is 11.5 Å². The molecule has 0 unspecified atom stereocenters. The van der Waals surface area contributed by atoms with Gasteiger partial charge in [-0.05, 0) is 30.3 Å². The third-order valence-corrected chi connectivity index (χ3v) is 4.84. The van der Waals surface area contributed by atoms with Gasteiger partial charge in [0.05, 0.1) is 12.8 Å². The molecule has 0 atom stereocenters. The van der Waals surface area contributed by atoms with Gasteiger partial charge in [0.25, 0.3) is 11.5 Å². The highest BCUT2D eigenvalue weighted by Crippen LogP contribution is 2.28. The van der Waals surface area contributed by atoms with Gasteiger partial charge in [0, 0.05) is 43.5 Å². The van der Waals surface area contributed by atoms with Crippen molar-refractivity contribution in [1.29, 1.82) is 0 Å². The number of pyridine rings is 1. The van der Waals surface area contributed by atoms with E-state index in [1.165, 1.54) is 0 Å². The second-order valence-electron chi connectivity index (χ2n) is 6.67. The van der Waals surface area contributed by atoms with E-state index in [1.54, 1.807) is 28.5 Å². The number of nitrogens with one attached hydrogen (secondary N) is 2. The van der Waals surface area contributed by atoms with Gasteiger partial charge in [0.2, 0.25) is 0 Å². The van der Waals surface area contributed by atoms with E-state index in [2.05, 4.69) is 15.5 Å². The van der Waals surface area contributed by atoms with Crippen LogP contribution in [0.2, 0.25) is 0 Å². The maximum absolute atomic E-state index is 12.6. The Morgan fingerprint density at radius 1 is 1.21 bits per heavy atom. The summed E-state index contributed by atoms with van der Waals surface area (Å²) in [6.45, 7) is 0.691. The van der Waals surface area contributed by atoms with E-state index in [0.717, 1.165) is 10.9 Å². The number of carbonyl (C=O) groups is 1. The van der Waals surface area contributed by atoms with E-state index >= 15 is 0 Å². The highest BCUT2D eigenvalue weighted by atomic mass is 16.5. The Hall–Kier alpha value is -3.81. The van der Waals surface area contributed by atoms with Crippen LogP contribution in [0, 0.1) is 0 Å². The summed E-state index contributed by atoms with van der Waals surface area (Å²) in [6.07, 6.45) is 3.60. The number of amides is 1.